The van der Waals surface area contributed by atoms with Gasteiger partial charge in [-0.1, -0.05) is 36.2 Å². The van der Waals surface area contributed by atoms with Crippen LogP contribution in [-0.2, 0) is 26.0 Å². The standard InChI is InChI=1S/C21H19FN2O5S/c22-16-10-8-15(9-11-16)19-23-18(29-24-19)14-28-20(25)21(12-4-5-13-21)30(26,27)17-6-2-1-3-7-17/h1-3,6-11H,4-5,12-14H2. The van der Waals surface area contributed by atoms with Gasteiger partial charge in [0.15, 0.2) is 21.2 Å². The van der Waals surface area contributed by atoms with E-state index in [0.717, 1.165) is 0 Å². The van der Waals surface area contributed by atoms with E-state index in [1.807, 2.05) is 0 Å². The molecule has 1 aliphatic carbocycles. The van der Waals surface area contributed by atoms with Crippen molar-refractivity contribution in [1.29, 1.82) is 0 Å². The van der Waals surface area contributed by atoms with Gasteiger partial charge in [0.25, 0.3) is 5.89 Å². The van der Waals surface area contributed by atoms with Crippen LogP contribution in [0.2, 0.25) is 0 Å². The number of sulfone groups is 1. The zero-order chi connectivity index (χ0) is 21.2. The smallest absolute Gasteiger partial charge is 0.328 e. The largest absolute Gasteiger partial charge is 0.454 e. The first-order valence-electron chi connectivity index (χ1n) is 9.48. The predicted molar refractivity (Wildman–Crippen MR) is 104 cm³/mol. The van der Waals surface area contributed by atoms with Crippen molar-refractivity contribution in [2.75, 3.05) is 0 Å². The van der Waals surface area contributed by atoms with Crippen molar-refractivity contribution in [3.8, 4) is 11.4 Å². The average molecular weight is 430 g/mol. The number of nitrogens with zero attached hydrogens (tertiary/aromatic N) is 2. The third kappa shape index (κ3) is 3.60. The first-order valence-corrected chi connectivity index (χ1v) is 11.0. The molecule has 9 heteroatoms. The van der Waals surface area contributed by atoms with Crippen LogP contribution in [0.5, 0.6) is 0 Å². The van der Waals surface area contributed by atoms with Crippen LogP contribution >= 0.6 is 0 Å². The fraction of sp³-hybridized carbons (Fsp3) is 0.286. The number of ether oxygens (including phenoxy) is 1. The minimum Gasteiger partial charge on any atom is -0.454 e. The Morgan fingerprint density at radius 1 is 1.07 bits per heavy atom. The van der Waals surface area contributed by atoms with Crippen LogP contribution in [0.4, 0.5) is 4.39 Å². The van der Waals surface area contributed by atoms with Gasteiger partial charge >= 0.3 is 5.97 Å². The molecule has 0 unspecified atom stereocenters. The van der Waals surface area contributed by atoms with Crippen molar-refractivity contribution < 1.29 is 26.9 Å². The van der Waals surface area contributed by atoms with Gasteiger partial charge in [-0.3, -0.25) is 4.79 Å². The van der Waals surface area contributed by atoms with E-state index < -0.39 is 26.4 Å². The predicted octanol–water partition coefficient (Wildman–Crippen LogP) is 3.71. The van der Waals surface area contributed by atoms with Crippen LogP contribution in [0.1, 0.15) is 31.6 Å². The van der Waals surface area contributed by atoms with Gasteiger partial charge in [-0.05, 0) is 49.2 Å². The summed E-state index contributed by atoms with van der Waals surface area (Å²) < 4.78 is 48.3. The summed E-state index contributed by atoms with van der Waals surface area (Å²) in [6.07, 6.45) is 1.65. The van der Waals surface area contributed by atoms with Gasteiger partial charge in [0, 0.05) is 5.56 Å². The number of hydrogen-bond donors (Lipinski definition) is 0. The quantitative estimate of drug-likeness (QED) is 0.550. The lowest BCUT2D eigenvalue weighted by Crippen LogP contribution is -2.45. The van der Waals surface area contributed by atoms with E-state index in [1.165, 1.54) is 36.4 Å². The van der Waals surface area contributed by atoms with Crippen LogP contribution in [0.25, 0.3) is 11.4 Å². The normalized spacial score (nSPS) is 15.8. The van der Waals surface area contributed by atoms with E-state index in [2.05, 4.69) is 10.1 Å². The molecule has 0 radical (unpaired) electrons. The molecule has 1 aromatic heterocycles. The van der Waals surface area contributed by atoms with E-state index in [9.17, 15) is 17.6 Å². The molecule has 1 heterocycles. The van der Waals surface area contributed by atoms with Crippen molar-refractivity contribution in [1.82, 2.24) is 10.1 Å². The van der Waals surface area contributed by atoms with Crippen LogP contribution in [0.3, 0.4) is 0 Å². The Bertz CT molecular complexity index is 1140. The highest BCUT2D eigenvalue weighted by molar-refractivity contribution is 7.93. The topological polar surface area (TPSA) is 99.4 Å². The highest BCUT2D eigenvalue weighted by atomic mass is 32.2. The number of esters is 1. The van der Waals surface area contributed by atoms with Gasteiger partial charge in [0.1, 0.15) is 5.82 Å². The molecule has 1 aliphatic rings. The molecule has 156 valence electrons. The van der Waals surface area contributed by atoms with Gasteiger partial charge in [0.05, 0.1) is 4.90 Å². The summed E-state index contributed by atoms with van der Waals surface area (Å²) in [7, 11) is -3.92. The zero-order valence-electron chi connectivity index (χ0n) is 16.0. The highest BCUT2D eigenvalue weighted by Crippen LogP contribution is 2.41. The van der Waals surface area contributed by atoms with E-state index in [0.29, 0.717) is 18.4 Å². The number of hydrogen-bond acceptors (Lipinski definition) is 7. The molecule has 1 fully saturated rings. The Kier molecular flexibility index (Phi) is 5.38. The maximum absolute atomic E-state index is 13.2. The molecular formula is C21H19FN2O5S. The lowest BCUT2D eigenvalue weighted by atomic mass is 10.1. The minimum atomic E-state index is -3.92. The third-order valence-corrected chi connectivity index (χ3v) is 7.74. The number of carbonyl (C=O) groups is 1. The second kappa shape index (κ2) is 7.98. The zero-order valence-corrected chi connectivity index (χ0v) is 16.8. The number of carbonyl (C=O) groups excluding carboxylic acids is 1. The van der Waals surface area contributed by atoms with Crippen molar-refractivity contribution >= 4 is 15.8 Å². The molecule has 4 rings (SSSR count). The Labute approximate surface area is 172 Å². The maximum Gasteiger partial charge on any atom is 0.328 e. The molecule has 0 atom stereocenters. The molecule has 3 aromatic rings. The number of rotatable bonds is 6. The highest BCUT2D eigenvalue weighted by Gasteiger charge is 2.54. The first-order chi connectivity index (χ1) is 14.4. The van der Waals surface area contributed by atoms with E-state index in [-0.39, 0.29) is 36.1 Å². The number of halogens is 1. The van der Waals surface area contributed by atoms with E-state index >= 15 is 0 Å². The lowest BCUT2D eigenvalue weighted by molar-refractivity contribution is -0.148. The summed E-state index contributed by atoms with van der Waals surface area (Å²) in [6, 6.07) is 13.4. The Morgan fingerprint density at radius 2 is 1.73 bits per heavy atom. The van der Waals surface area contributed by atoms with E-state index in [1.54, 1.807) is 18.2 Å². The first kappa shape index (κ1) is 20.2. The SMILES string of the molecule is O=C(OCc1nc(-c2ccc(F)cc2)no1)C1(S(=O)(=O)c2ccccc2)CCCC1. The van der Waals surface area contributed by atoms with E-state index in [4.69, 9.17) is 9.26 Å². The molecule has 0 saturated heterocycles. The molecule has 2 aromatic carbocycles. The molecular weight excluding hydrogens is 411 g/mol. The summed E-state index contributed by atoms with van der Waals surface area (Å²) >= 11 is 0. The lowest BCUT2D eigenvalue weighted by Gasteiger charge is -2.26. The third-order valence-electron chi connectivity index (χ3n) is 5.25. The van der Waals surface area contributed by atoms with Crippen LogP contribution in [-0.4, -0.2) is 29.3 Å². The van der Waals surface area contributed by atoms with Crippen molar-refractivity contribution in [3.05, 3.63) is 66.3 Å². The van der Waals surface area contributed by atoms with Gasteiger partial charge in [-0.15, -0.1) is 0 Å². The van der Waals surface area contributed by atoms with Crippen molar-refractivity contribution in [3.63, 3.8) is 0 Å². The van der Waals surface area contributed by atoms with Crippen LogP contribution in [0, 0.1) is 5.82 Å². The Balaban J connectivity index is 1.52. The molecule has 1 saturated carbocycles. The van der Waals surface area contributed by atoms with Gasteiger partial charge < -0.3 is 9.26 Å². The van der Waals surface area contributed by atoms with Gasteiger partial charge in [-0.2, -0.15) is 4.98 Å². The van der Waals surface area contributed by atoms with Gasteiger partial charge in [0.2, 0.25) is 5.82 Å². The monoisotopic (exact) mass is 430 g/mol. The molecule has 7 nitrogen and oxygen atoms in total. The van der Waals surface area contributed by atoms with Gasteiger partial charge in [-0.25, -0.2) is 12.8 Å². The summed E-state index contributed by atoms with van der Waals surface area (Å²) in [5.41, 5.74) is 0.539. The minimum absolute atomic E-state index is 0.0212. The average Bonchev–Trinajstić information content (AvgIpc) is 3.44. The maximum atomic E-state index is 13.2. The van der Waals surface area contributed by atoms with Crippen LogP contribution < -0.4 is 0 Å². The molecule has 0 bridgehead atoms. The van der Waals surface area contributed by atoms with Crippen molar-refractivity contribution in [2.24, 2.45) is 0 Å². The summed E-state index contributed by atoms with van der Waals surface area (Å²) in [6.45, 7) is -0.348. The molecule has 0 spiro atoms. The second-order valence-electron chi connectivity index (χ2n) is 7.11. The molecule has 0 N–H and O–H groups in total. The molecule has 0 amide bonds. The summed E-state index contributed by atoms with van der Waals surface area (Å²) in [5, 5.41) is 3.79. The fourth-order valence-electron chi connectivity index (χ4n) is 3.64. The van der Waals surface area contributed by atoms with Crippen molar-refractivity contribution in [2.45, 2.75) is 41.9 Å². The summed E-state index contributed by atoms with van der Waals surface area (Å²) in [4.78, 5) is 17.2. The second-order valence-corrected chi connectivity index (χ2v) is 9.37. The molecule has 30 heavy (non-hydrogen) atoms. The van der Waals surface area contributed by atoms with Crippen LogP contribution in [0.15, 0.2) is 64.0 Å². The summed E-state index contributed by atoms with van der Waals surface area (Å²) in [5.74, 6) is -0.968. The fourth-order valence-corrected chi connectivity index (χ4v) is 5.71. The molecule has 0 aliphatic heterocycles. The number of benzene rings is 2. The Hall–Kier alpha value is -3.07. The number of aromatic nitrogens is 2. The Morgan fingerprint density at radius 3 is 2.40 bits per heavy atom.